The van der Waals surface area contributed by atoms with Crippen LogP contribution in [0.1, 0.15) is 29.8 Å². The Hall–Kier alpha value is -2.76. The molecule has 0 atom stereocenters. The van der Waals surface area contributed by atoms with E-state index in [2.05, 4.69) is 29.5 Å². The number of aromatic nitrogens is 1. The number of rotatable bonds is 8. The van der Waals surface area contributed by atoms with Gasteiger partial charge in [0.25, 0.3) is 5.91 Å². The average molecular weight is 343 g/mol. The van der Waals surface area contributed by atoms with Gasteiger partial charge >= 0.3 is 0 Å². The zero-order valence-corrected chi connectivity index (χ0v) is 15.1. The van der Waals surface area contributed by atoms with Crippen molar-refractivity contribution in [1.29, 1.82) is 0 Å². The third-order valence-corrected chi connectivity index (χ3v) is 3.62. The topological polar surface area (TPSA) is 72.5 Å². The zero-order valence-electron chi connectivity index (χ0n) is 15.1. The smallest absolute Gasteiger partial charge is 0.253 e. The van der Waals surface area contributed by atoms with Gasteiger partial charge in [-0.15, -0.1) is 0 Å². The minimum atomic E-state index is -0.171. The third kappa shape index (κ3) is 5.38. The fraction of sp³-hybridized carbons (Fsp3) is 0.368. The van der Waals surface area contributed by atoms with Gasteiger partial charge in [0, 0.05) is 25.5 Å². The molecule has 0 spiro atoms. The lowest BCUT2D eigenvalue weighted by molar-refractivity contribution is 0.0950. The summed E-state index contributed by atoms with van der Waals surface area (Å²) in [5.41, 5.74) is 2.29. The molecule has 0 fully saturated rings. The Morgan fingerprint density at radius 1 is 1.12 bits per heavy atom. The molecule has 0 aliphatic carbocycles. The van der Waals surface area contributed by atoms with Crippen molar-refractivity contribution < 1.29 is 14.3 Å². The minimum Gasteiger partial charge on any atom is -0.493 e. The molecule has 0 saturated heterocycles. The van der Waals surface area contributed by atoms with Crippen molar-refractivity contribution in [2.75, 3.05) is 26.1 Å². The van der Waals surface area contributed by atoms with Crippen LogP contribution in [0.25, 0.3) is 0 Å². The quantitative estimate of drug-likeness (QED) is 0.770. The predicted molar refractivity (Wildman–Crippen MR) is 98.3 cm³/mol. The molecule has 1 aromatic heterocycles. The van der Waals surface area contributed by atoms with Crippen LogP contribution in [0.2, 0.25) is 0 Å². The maximum absolute atomic E-state index is 12.4. The summed E-state index contributed by atoms with van der Waals surface area (Å²) in [5.74, 6) is 1.64. The van der Waals surface area contributed by atoms with Gasteiger partial charge in [-0.25, -0.2) is 0 Å². The molecule has 25 heavy (non-hydrogen) atoms. The zero-order chi connectivity index (χ0) is 18.2. The highest BCUT2D eigenvalue weighted by Gasteiger charge is 2.09. The van der Waals surface area contributed by atoms with E-state index in [0.717, 1.165) is 17.8 Å². The Morgan fingerprint density at radius 3 is 2.56 bits per heavy atom. The van der Waals surface area contributed by atoms with Crippen LogP contribution in [-0.4, -0.2) is 31.7 Å². The van der Waals surface area contributed by atoms with Gasteiger partial charge in [-0.2, -0.15) is 0 Å². The van der Waals surface area contributed by atoms with Gasteiger partial charge < -0.3 is 20.1 Å². The number of nitrogens with one attached hydrogen (secondary N) is 2. The number of amides is 1. The van der Waals surface area contributed by atoms with E-state index in [0.29, 0.717) is 29.5 Å². The number of carbonyl (C=O) groups excluding carboxylic acids is 1. The molecule has 0 radical (unpaired) electrons. The van der Waals surface area contributed by atoms with E-state index in [1.54, 1.807) is 32.7 Å². The molecule has 1 heterocycles. The molecule has 134 valence electrons. The lowest BCUT2D eigenvalue weighted by Gasteiger charge is -2.11. The molecule has 1 aromatic carbocycles. The largest absolute Gasteiger partial charge is 0.493 e. The SMILES string of the molecule is COc1ccc(CNC(=O)c2cncc(NCC(C)C)c2)cc1OC. The second-order valence-corrected chi connectivity index (χ2v) is 6.11. The molecule has 0 unspecified atom stereocenters. The van der Waals surface area contributed by atoms with E-state index in [1.165, 1.54) is 0 Å². The number of nitrogens with zero attached hydrogens (tertiary/aromatic N) is 1. The first-order valence-corrected chi connectivity index (χ1v) is 8.21. The van der Waals surface area contributed by atoms with Crippen molar-refractivity contribution in [3.05, 3.63) is 47.8 Å². The fourth-order valence-corrected chi connectivity index (χ4v) is 2.26. The average Bonchev–Trinajstić information content (AvgIpc) is 2.64. The Balaban J connectivity index is 1.99. The second-order valence-electron chi connectivity index (χ2n) is 6.11. The molecule has 2 N–H and O–H groups in total. The summed E-state index contributed by atoms with van der Waals surface area (Å²) in [6.45, 7) is 5.47. The van der Waals surface area contributed by atoms with Crippen molar-refractivity contribution >= 4 is 11.6 Å². The maximum atomic E-state index is 12.4. The minimum absolute atomic E-state index is 0.171. The monoisotopic (exact) mass is 343 g/mol. The van der Waals surface area contributed by atoms with Gasteiger partial charge in [-0.05, 0) is 29.7 Å². The van der Waals surface area contributed by atoms with Crippen LogP contribution in [0, 0.1) is 5.92 Å². The van der Waals surface area contributed by atoms with Gasteiger partial charge in [0.05, 0.1) is 25.5 Å². The lowest BCUT2D eigenvalue weighted by atomic mass is 10.2. The van der Waals surface area contributed by atoms with Crippen LogP contribution in [-0.2, 0) is 6.54 Å². The Bertz CT molecular complexity index is 717. The van der Waals surface area contributed by atoms with E-state index >= 15 is 0 Å². The number of hydrogen-bond acceptors (Lipinski definition) is 5. The van der Waals surface area contributed by atoms with E-state index in [1.807, 2.05) is 18.2 Å². The molecule has 6 nitrogen and oxygen atoms in total. The summed E-state index contributed by atoms with van der Waals surface area (Å²) in [4.78, 5) is 16.5. The van der Waals surface area contributed by atoms with Crippen molar-refractivity contribution in [3.8, 4) is 11.5 Å². The highest BCUT2D eigenvalue weighted by Crippen LogP contribution is 2.27. The first kappa shape index (κ1) is 18.6. The number of ether oxygens (including phenoxy) is 2. The summed E-state index contributed by atoms with van der Waals surface area (Å²) in [6, 6.07) is 7.36. The Morgan fingerprint density at radius 2 is 1.88 bits per heavy atom. The van der Waals surface area contributed by atoms with Crippen LogP contribution in [0.15, 0.2) is 36.7 Å². The second kappa shape index (κ2) is 8.92. The fourth-order valence-electron chi connectivity index (χ4n) is 2.26. The number of benzene rings is 1. The van der Waals surface area contributed by atoms with Gasteiger partial charge in [-0.3, -0.25) is 9.78 Å². The Kier molecular flexibility index (Phi) is 6.62. The first-order chi connectivity index (χ1) is 12.0. The number of pyridine rings is 1. The molecule has 1 amide bonds. The van der Waals surface area contributed by atoms with Crippen molar-refractivity contribution in [3.63, 3.8) is 0 Å². The molecule has 6 heteroatoms. The summed E-state index contributed by atoms with van der Waals surface area (Å²) in [6.07, 6.45) is 3.28. The number of methoxy groups -OCH3 is 2. The summed E-state index contributed by atoms with van der Waals surface area (Å²) in [5, 5.41) is 6.16. The van der Waals surface area contributed by atoms with Crippen LogP contribution in [0.3, 0.4) is 0 Å². The highest BCUT2D eigenvalue weighted by molar-refractivity contribution is 5.94. The molecule has 0 saturated carbocycles. The van der Waals surface area contributed by atoms with E-state index in [9.17, 15) is 4.79 Å². The first-order valence-electron chi connectivity index (χ1n) is 8.21. The highest BCUT2D eigenvalue weighted by atomic mass is 16.5. The molecule has 2 rings (SSSR count). The van der Waals surface area contributed by atoms with Crippen LogP contribution in [0.5, 0.6) is 11.5 Å². The number of carbonyl (C=O) groups is 1. The van der Waals surface area contributed by atoms with E-state index in [4.69, 9.17) is 9.47 Å². The van der Waals surface area contributed by atoms with Crippen molar-refractivity contribution in [1.82, 2.24) is 10.3 Å². The maximum Gasteiger partial charge on any atom is 0.253 e. The van der Waals surface area contributed by atoms with Crippen LogP contribution < -0.4 is 20.1 Å². The van der Waals surface area contributed by atoms with Crippen molar-refractivity contribution in [2.24, 2.45) is 5.92 Å². The molecule has 2 aromatic rings. The van der Waals surface area contributed by atoms with Gasteiger partial charge in [-0.1, -0.05) is 19.9 Å². The van der Waals surface area contributed by atoms with Crippen LogP contribution in [0.4, 0.5) is 5.69 Å². The van der Waals surface area contributed by atoms with Crippen LogP contribution >= 0.6 is 0 Å². The predicted octanol–water partition coefficient (Wildman–Crippen LogP) is 3.10. The Labute approximate surface area is 148 Å². The summed E-state index contributed by atoms with van der Waals surface area (Å²) >= 11 is 0. The van der Waals surface area contributed by atoms with E-state index < -0.39 is 0 Å². The molecule has 0 aliphatic heterocycles. The van der Waals surface area contributed by atoms with Crippen molar-refractivity contribution in [2.45, 2.75) is 20.4 Å². The summed E-state index contributed by atoms with van der Waals surface area (Å²) < 4.78 is 10.5. The molecule has 0 aliphatic rings. The summed E-state index contributed by atoms with van der Waals surface area (Å²) in [7, 11) is 3.17. The van der Waals surface area contributed by atoms with E-state index in [-0.39, 0.29) is 5.91 Å². The molecular formula is C19H25N3O3. The molecule has 0 bridgehead atoms. The normalized spacial score (nSPS) is 10.4. The third-order valence-electron chi connectivity index (χ3n) is 3.62. The molecular weight excluding hydrogens is 318 g/mol. The van der Waals surface area contributed by atoms with Gasteiger partial charge in [0.15, 0.2) is 11.5 Å². The lowest BCUT2D eigenvalue weighted by Crippen LogP contribution is -2.23. The number of anilines is 1. The van der Waals surface area contributed by atoms with Gasteiger partial charge in [0.1, 0.15) is 0 Å². The standard InChI is InChI=1S/C19H25N3O3/c1-13(2)9-21-16-8-15(11-20-12-16)19(23)22-10-14-5-6-17(24-3)18(7-14)25-4/h5-8,11-13,21H,9-10H2,1-4H3,(H,22,23). The number of hydrogen-bond donors (Lipinski definition) is 2. The van der Waals surface area contributed by atoms with Gasteiger partial charge in [0.2, 0.25) is 0 Å².